The van der Waals surface area contributed by atoms with E-state index < -0.39 is 11.2 Å². The number of rotatable bonds is 3. The number of fused-ring (bicyclic) bond motifs is 5. The fourth-order valence-corrected chi connectivity index (χ4v) is 5.66. The third-order valence-corrected chi connectivity index (χ3v) is 7.62. The Bertz CT molecular complexity index is 974. The van der Waals surface area contributed by atoms with Gasteiger partial charge in [0.2, 0.25) is 0 Å². The maximum absolute atomic E-state index is 13.6. The largest absolute Gasteiger partial charge is 0.611 e. The molecule has 0 saturated carbocycles. The van der Waals surface area contributed by atoms with Crippen LogP contribution in [0.15, 0.2) is 23.1 Å². The predicted molar refractivity (Wildman–Crippen MR) is 121 cm³/mol. The highest BCUT2D eigenvalue weighted by atomic mass is 32.2. The summed E-state index contributed by atoms with van der Waals surface area (Å²) in [6.45, 7) is 9.83. The Kier molecular flexibility index (Phi) is 5.66. The standard InChI is InChI=1S/C24H32N2O3S/c1-6-30(28)21-15-18-16(14-20(21)29-5)10-12-25-19(18)13-17-9-7-8-11-26(24(2,3)4)23(27)22(17)25/h13-15H,6-12H2,1-5H3. The Morgan fingerprint density at radius 2 is 1.87 bits per heavy atom. The number of hydrogen-bond donors (Lipinski definition) is 0. The Morgan fingerprint density at radius 3 is 2.53 bits per heavy atom. The van der Waals surface area contributed by atoms with Crippen molar-refractivity contribution in [2.24, 2.45) is 0 Å². The number of ether oxygens (including phenoxy) is 1. The van der Waals surface area contributed by atoms with Gasteiger partial charge in [0.05, 0.1) is 7.11 Å². The third kappa shape index (κ3) is 3.54. The summed E-state index contributed by atoms with van der Waals surface area (Å²) in [5.74, 6) is 1.38. The SMILES string of the molecule is CC[S+]([O-])c1cc2c(cc1OC)CCn1c-2cc2c1C(=O)N(C(C)(C)C)CCCC2. The van der Waals surface area contributed by atoms with Crippen molar-refractivity contribution in [3.05, 3.63) is 35.0 Å². The molecule has 2 aliphatic rings. The monoisotopic (exact) mass is 428 g/mol. The number of hydrogen-bond acceptors (Lipinski definition) is 3. The summed E-state index contributed by atoms with van der Waals surface area (Å²) >= 11 is -1.11. The van der Waals surface area contributed by atoms with Gasteiger partial charge in [0, 0.05) is 36.0 Å². The highest BCUT2D eigenvalue weighted by molar-refractivity contribution is 7.91. The molecule has 0 spiro atoms. The van der Waals surface area contributed by atoms with Crippen molar-refractivity contribution in [3.8, 4) is 17.0 Å². The minimum absolute atomic E-state index is 0.137. The summed E-state index contributed by atoms with van der Waals surface area (Å²) in [7, 11) is 1.63. The van der Waals surface area contributed by atoms with Crippen LogP contribution in [0.3, 0.4) is 0 Å². The number of amides is 1. The molecule has 0 saturated heterocycles. The third-order valence-electron chi connectivity index (χ3n) is 6.29. The summed E-state index contributed by atoms with van der Waals surface area (Å²) in [5.41, 5.74) is 5.14. The topological polar surface area (TPSA) is 57.5 Å². The van der Waals surface area contributed by atoms with Crippen molar-refractivity contribution in [1.82, 2.24) is 9.47 Å². The summed E-state index contributed by atoms with van der Waals surface area (Å²) in [6, 6.07) is 6.26. The van der Waals surface area contributed by atoms with Crippen LogP contribution in [-0.2, 0) is 30.6 Å². The van der Waals surface area contributed by atoms with Crippen LogP contribution in [0.4, 0.5) is 0 Å². The molecule has 1 unspecified atom stereocenters. The molecule has 6 heteroatoms. The van der Waals surface area contributed by atoms with Crippen molar-refractivity contribution in [2.75, 3.05) is 19.4 Å². The molecule has 1 aromatic carbocycles. The number of nitrogens with zero attached hydrogens (tertiary/aromatic N) is 2. The van der Waals surface area contributed by atoms with E-state index in [1.54, 1.807) is 7.11 Å². The minimum Gasteiger partial charge on any atom is -0.611 e. The molecule has 2 aliphatic heterocycles. The second kappa shape index (κ2) is 7.97. The molecule has 3 heterocycles. The van der Waals surface area contributed by atoms with E-state index in [9.17, 15) is 9.35 Å². The first-order valence-electron chi connectivity index (χ1n) is 10.9. The number of benzene rings is 1. The average Bonchev–Trinajstić information content (AvgIpc) is 3.07. The van der Waals surface area contributed by atoms with Crippen molar-refractivity contribution < 1.29 is 14.1 Å². The minimum atomic E-state index is -1.11. The lowest BCUT2D eigenvalue weighted by Gasteiger charge is -2.37. The summed E-state index contributed by atoms with van der Waals surface area (Å²) in [6.07, 6.45) is 3.87. The fourth-order valence-electron chi connectivity index (χ4n) is 4.73. The van der Waals surface area contributed by atoms with Crippen molar-refractivity contribution >= 4 is 17.1 Å². The number of aryl methyl sites for hydroxylation is 2. The molecule has 5 nitrogen and oxygen atoms in total. The van der Waals surface area contributed by atoms with E-state index in [0.717, 1.165) is 66.2 Å². The van der Waals surface area contributed by atoms with Crippen LogP contribution < -0.4 is 4.74 Å². The summed E-state index contributed by atoms with van der Waals surface area (Å²) in [5, 5.41) is 0. The molecule has 0 radical (unpaired) electrons. The van der Waals surface area contributed by atoms with Gasteiger partial charge in [0.15, 0.2) is 10.6 Å². The number of carbonyl (C=O) groups is 1. The normalized spacial score (nSPS) is 17.5. The molecular weight excluding hydrogens is 396 g/mol. The van der Waals surface area contributed by atoms with Gasteiger partial charge < -0.3 is 18.8 Å². The first-order valence-corrected chi connectivity index (χ1v) is 12.2. The van der Waals surface area contributed by atoms with Crippen LogP contribution in [0.1, 0.15) is 62.2 Å². The van der Waals surface area contributed by atoms with Crippen LogP contribution in [-0.4, -0.2) is 44.9 Å². The van der Waals surface area contributed by atoms with Gasteiger partial charge in [-0.15, -0.1) is 0 Å². The lowest BCUT2D eigenvalue weighted by molar-refractivity contribution is 0.0558. The van der Waals surface area contributed by atoms with Gasteiger partial charge in [-0.2, -0.15) is 0 Å². The van der Waals surface area contributed by atoms with Gasteiger partial charge in [-0.3, -0.25) is 4.79 Å². The van der Waals surface area contributed by atoms with Gasteiger partial charge in [0.1, 0.15) is 11.4 Å². The second-order valence-corrected chi connectivity index (χ2v) is 10.9. The molecule has 4 rings (SSSR count). The summed E-state index contributed by atoms with van der Waals surface area (Å²) in [4.78, 5) is 16.4. The molecule has 1 atom stereocenters. The highest BCUT2D eigenvalue weighted by Crippen LogP contribution is 2.40. The molecular formula is C24H32N2O3S. The molecule has 162 valence electrons. The predicted octanol–water partition coefficient (Wildman–Crippen LogP) is 4.42. The maximum atomic E-state index is 13.6. The zero-order chi connectivity index (χ0) is 21.6. The van der Waals surface area contributed by atoms with Crippen LogP contribution in [0, 0.1) is 0 Å². The first kappa shape index (κ1) is 21.3. The lowest BCUT2D eigenvalue weighted by Crippen LogP contribution is -2.47. The van der Waals surface area contributed by atoms with Crippen LogP contribution in [0.25, 0.3) is 11.3 Å². The van der Waals surface area contributed by atoms with Gasteiger partial charge in [-0.05, 0) is 87.8 Å². The molecule has 30 heavy (non-hydrogen) atoms. The van der Waals surface area contributed by atoms with E-state index in [1.807, 2.05) is 24.0 Å². The second-order valence-electron chi connectivity index (χ2n) is 9.18. The van der Waals surface area contributed by atoms with Gasteiger partial charge in [0.25, 0.3) is 5.91 Å². The number of carbonyl (C=O) groups excluding carboxylic acids is 1. The van der Waals surface area contributed by atoms with E-state index in [-0.39, 0.29) is 11.4 Å². The van der Waals surface area contributed by atoms with E-state index in [2.05, 4.69) is 31.4 Å². The fraction of sp³-hybridized carbons (Fsp3) is 0.542. The average molecular weight is 429 g/mol. The molecule has 0 bridgehead atoms. The Morgan fingerprint density at radius 1 is 1.10 bits per heavy atom. The van der Waals surface area contributed by atoms with Crippen molar-refractivity contribution in [1.29, 1.82) is 0 Å². The highest BCUT2D eigenvalue weighted by Gasteiger charge is 2.34. The van der Waals surface area contributed by atoms with Crippen LogP contribution in [0.5, 0.6) is 5.75 Å². The molecule has 1 aromatic heterocycles. The summed E-state index contributed by atoms with van der Waals surface area (Å²) < 4.78 is 20.4. The maximum Gasteiger partial charge on any atom is 0.271 e. The number of aromatic nitrogens is 1. The molecule has 0 N–H and O–H groups in total. The Balaban J connectivity index is 1.87. The zero-order valence-corrected chi connectivity index (χ0v) is 19.5. The zero-order valence-electron chi connectivity index (χ0n) is 18.7. The van der Waals surface area contributed by atoms with E-state index in [1.165, 1.54) is 5.56 Å². The smallest absolute Gasteiger partial charge is 0.271 e. The van der Waals surface area contributed by atoms with E-state index in [0.29, 0.717) is 11.5 Å². The van der Waals surface area contributed by atoms with E-state index >= 15 is 0 Å². The molecule has 2 aromatic rings. The van der Waals surface area contributed by atoms with Crippen LogP contribution in [0.2, 0.25) is 0 Å². The van der Waals surface area contributed by atoms with E-state index in [4.69, 9.17) is 4.74 Å². The Hall–Kier alpha value is -1.92. The Labute approximate surface area is 182 Å². The van der Waals surface area contributed by atoms with Gasteiger partial charge in [-0.25, -0.2) is 0 Å². The van der Waals surface area contributed by atoms with Crippen molar-refractivity contribution in [2.45, 2.75) is 70.4 Å². The van der Waals surface area contributed by atoms with Crippen LogP contribution >= 0.6 is 0 Å². The molecule has 1 amide bonds. The molecule has 0 aliphatic carbocycles. The van der Waals surface area contributed by atoms with Gasteiger partial charge >= 0.3 is 0 Å². The number of methoxy groups -OCH3 is 1. The lowest BCUT2D eigenvalue weighted by atomic mass is 9.98. The first-order chi connectivity index (χ1) is 14.3. The molecule has 0 fully saturated rings. The quantitative estimate of drug-likeness (QED) is 0.680. The van der Waals surface area contributed by atoms with Crippen molar-refractivity contribution in [3.63, 3.8) is 0 Å². The van der Waals surface area contributed by atoms with Gasteiger partial charge in [-0.1, -0.05) is 0 Å².